The molecular weight excluding hydrogens is 566 g/mol. The lowest BCUT2D eigenvalue weighted by atomic mass is 10.0. The first kappa shape index (κ1) is 44.6. The van der Waals surface area contributed by atoms with Crippen molar-refractivity contribution < 1.29 is 15.0 Å². The lowest BCUT2D eigenvalue weighted by Crippen LogP contribution is -2.45. The molecule has 0 aromatic heterocycles. The number of hydrogen-bond donors (Lipinski definition) is 3. The zero-order valence-corrected chi connectivity index (χ0v) is 30.8. The predicted molar refractivity (Wildman–Crippen MR) is 202 cm³/mol. The van der Waals surface area contributed by atoms with E-state index in [0.29, 0.717) is 6.42 Å². The number of amides is 1. The Bertz CT molecular complexity index is 701. The maximum absolute atomic E-state index is 12.3. The summed E-state index contributed by atoms with van der Waals surface area (Å²) >= 11 is 0. The molecule has 4 nitrogen and oxygen atoms in total. The van der Waals surface area contributed by atoms with Crippen molar-refractivity contribution in [3.05, 3.63) is 36.5 Å². The first-order chi connectivity index (χ1) is 22.7. The van der Waals surface area contributed by atoms with E-state index < -0.39 is 12.1 Å². The summed E-state index contributed by atoms with van der Waals surface area (Å²) < 4.78 is 0. The van der Waals surface area contributed by atoms with Crippen molar-refractivity contribution in [3.8, 4) is 0 Å². The van der Waals surface area contributed by atoms with Crippen LogP contribution in [-0.4, -0.2) is 34.9 Å². The van der Waals surface area contributed by atoms with Crippen molar-refractivity contribution in [3.63, 3.8) is 0 Å². The third-order valence-corrected chi connectivity index (χ3v) is 9.12. The van der Waals surface area contributed by atoms with Crippen molar-refractivity contribution in [2.75, 3.05) is 6.61 Å². The third kappa shape index (κ3) is 34.0. The summed E-state index contributed by atoms with van der Waals surface area (Å²) in [4.78, 5) is 12.3. The molecule has 1 amide bonds. The average molecular weight is 646 g/mol. The molecule has 270 valence electrons. The molecule has 0 saturated carbocycles. The van der Waals surface area contributed by atoms with Gasteiger partial charge in [-0.25, -0.2) is 0 Å². The number of unbranched alkanes of at least 4 members (excludes halogenated alkanes) is 25. The van der Waals surface area contributed by atoms with Gasteiger partial charge in [0.2, 0.25) is 5.91 Å². The molecule has 0 aromatic rings. The standard InChI is InChI=1S/C42H79NO3/c1-3-5-7-9-11-13-15-16-17-18-19-20-21-22-23-24-25-26-28-30-32-34-36-38-42(46)43-40(39-44)41(45)37-35-33-31-29-27-14-12-10-8-6-4-2/h15-16,18-19,35,37,40-41,44-45H,3-14,17,20-34,36,38-39H2,1-2H3,(H,43,46)/b16-15-,19-18-,37-35+. The summed E-state index contributed by atoms with van der Waals surface area (Å²) in [6.45, 7) is 4.28. The van der Waals surface area contributed by atoms with Crippen LogP contribution in [0.1, 0.15) is 206 Å². The van der Waals surface area contributed by atoms with E-state index in [0.717, 1.165) is 32.1 Å². The fourth-order valence-electron chi connectivity index (χ4n) is 5.97. The SMILES string of the molecule is CCCCCCC/C=C\C/C=C\CCCCCCCCCCCCCC(=O)NC(CO)C(O)/C=C/CCCCCCCCCCC. The summed E-state index contributed by atoms with van der Waals surface area (Å²) in [6, 6.07) is -0.620. The molecule has 0 heterocycles. The molecule has 0 bridgehead atoms. The Morgan fingerprint density at radius 2 is 0.891 bits per heavy atom. The molecule has 46 heavy (non-hydrogen) atoms. The minimum atomic E-state index is -0.837. The summed E-state index contributed by atoms with van der Waals surface area (Å²) in [6.07, 6.45) is 49.5. The van der Waals surface area contributed by atoms with Crippen LogP contribution >= 0.6 is 0 Å². The number of nitrogens with one attached hydrogen (secondary N) is 1. The van der Waals surface area contributed by atoms with Crippen molar-refractivity contribution in [2.24, 2.45) is 0 Å². The third-order valence-electron chi connectivity index (χ3n) is 9.12. The summed E-state index contributed by atoms with van der Waals surface area (Å²) in [5, 5.41) is 22.9. The Kier molecular flexibility index (Phi) is 36.9. The van der Waals surface area contributed by atoms with E-state index in [1.54, 1.807) is 6.08 Å². The van der Waals surface area contributed by atoms with Crippen LogP contribution in [0.25, 0.3) is 0 Å². The van der Waals surface area contributed by atoms with Crippen LogP contribution in [0.15, 0.2) is 36.5 Å². The van der Waals surface area contributed by atoms with E-state index in [1.165, 1.54) is 154 Å². The van der Waals surface area contributed by atoms with E-state index in [9.17, 15) is 15.0 Å². The van der Waals surface area contributed by atoms with E-state index >= 15 is 0 Å². The number of hydrogen-bond acceptors (Lipinski definition) is 3. The molecule has 0 rings (SSSR count). The largest absolute Gasteiger partial charge is 0.394 e. The second-order valence-corrected chi connectivity index (χ2v) is 13.7. The minimum Gasteiger partial charge on any atom is -0.394 e. The first-order valence-corrected chi connectivity index (χ1v) is 20.2. The van der Waals surface area contributed by atoms with Crippen LogP contribution in [0.4, 0.5) is 0 Å². The molecule has 2 atom stereocenters. The molecule has 0 radical (unpaired) electrons. The zero-order valence-electron chi connectivity index (χ0n) is 30.8. The van der Waals surface area contributed by atoms with Crippen LogP contribution in [0.3, 0.4) is 0 Å². The molecule has 0 aliphatic carbocycles. The van der Waals surface area contributed by atoms with Gasteiger partial charge in [-0.3, -0.25) is 4.79 Å². The van der Waals surface area contributed by atoms with Crippen molar-refractivity contribution in [1.82, 2.24) is 5.32 Å². The van der Waals surface area contributed by atoms with Crippen LogP contribution in [0.5, 0.6) is 0 Å². The van der Waals surface area contributed by atoms with Crippen molar-refractivity contribution in [2.45, 2.75) is 219 Å². The van der Waals surface area contributed by atoms with Gasteiger partial charge in [0.15, 0.2) is 0 Å². The molecule has 3 N–H and O–H groups in total. The molecule has 0 aliphatic heterocycles. The quantitative estimate of drug-likeness (QED) is 0.0469. The Hall–Kier alpha value is -1.39. The maximum Gasteiger partial charge on any atom is 0.220 e. The normalized spacial score (nSPS) is 13.4. The first-order valence-electron chi connectivity index (χ1n) is 20.2. The number of rotatable bonds is 36. The Morgan fingerprint density at radius 1 is 0.522 bits per heavy atom. The molecule has 0 fully saturated rings. The minimum absolute atomic E-state index is 0.0683. The van der Waals surface area contributed by atoms with Gasteiger partial charge >= 0.3 is 0 Å². The van der Waals surface area contributed by atoms with E-state index in [1.807, 2.05) is 6.08 Å². The van der Waals surface area contributed by atoms with Gasteiger partial charge in [0, 0.05) is 6.42 Å². The topological polar surface area (TPSA) is 69.6 Å². The summed E-state index contributed by atoms with van der Waals surface area (Å²) in [7, 11) is 0. The monoisotopic (exact) mass is 646 g/mol. The fourth-order valence-corrected chi connectivity index (χ4v) is 5.97. The van der Waals surface area contributed by atoms with Gasteiger partial charge in [0.25, 0.3) is 0 Å². The van der Waals surface area contributed by atoms with Crippen molar-refractivity contribution in [1.29, 1.82) is 0 Å². The van der Waals surface area contributed by atoms with Crippen LogP contribution < -0.4 is 5.32 Å². The van der Waals surface area contributed by atoms with Gasteiger partial charge in [-0.05, 0) is 51.4 Å². The van der Waals surface area contributed by atoms with Gasteiger partial charge in [-0.15, -0.1) is 0 Å². The number of aliphatic hydroxyl groups excluding tert-OH is 2. The highest BCUT2D eigenvalue weighted by molar-refractivity contribution is 5.76. The second kappa shape index (κ2) is 38.1. The smallest absolute Gasteiger partial charge is 0.220 e. The second-order valence-electron chi connectivity index (χ2n) is 13.7. The lowest BCUT2D eigenvalue weighted by Gasteiger charge is -2.20. The van der Waals surface area contributed by atoms with Gasteiger partial charge in [-0.1, -0.05) is 185 Å². The van der Waals surface area contributed by atoms with Crippen LogP contribution in [-0.2, 0) is 4.79 Å². The molecular formula is C42H79NO3. The molecule has 0 saturated heterocycles. The highest BCUT2D eigenvalue weighted by Gasteiger charge is 2.17. The Balaban J connectivity index is 3.55. The lowest BCUT2D eigenvalue weighted by molar-refractivity contribution is -0.123. The number of aliphatic hydroxyl groups is 2. The van der Waals surface area contributed by atoms with Crippen molar-refractivity contribution >= 4 is 5.91 Å². The summed E-state index contributed by atoms with van der Waals surface area (Å²) in [5.41, 5.74) is 0. The molecule has 0 aromatic carbocycles. The van der Waals surface area contributed by atoms with Gasteiger partial charge in [0.1, 0.15) is 0 Å². The fraction of sp³-hybridized carbons (Fsp3) is 0.833. The Labute approximate surface area is 287 Å². The van der Waals surface area contributed by atoms with E-state index in [-0.39, 0.29) is 12.5 Å². The Morgan fingerprint density at radius 3 is 1.30 bits per heavy atom. The number of allylic oxidation sites excluding steroid dienone is 5. The van der Waals surface area contributed by atoms with E-state index in [2.05, 4.69) is 43.5 Å². The van der Waals surface area contributed by atoms with Crippen LogP contribution in [0, 0.1) is 0 Å². The molecule has 0 aliphatic rings. The predicted octanol–water partition coefficient (Wildman–Crippen LogP) is 12.2. The molecule has 2 unspecified atom stereocenters. The van der Waals surface area contributed by atoms with Crippen LogP contribution in [0.2, 0.25) is 0 Å². The van der Waals surface area contributed by atoms with E-state index in [4.69, 9.17) is 0 Å². The highest BCUT2D eigenvalue weighted by Crippen LogP contribution is 2.14. The van der Waals surface area contributed by atoms with Gasteiger partial charge < -0.3 is 15.5 Å². The zero-order chi connectivity index (χ0) is 33.6. The summed E-state index contributed by atoms with van der Waals surface area (Å²) in [5.74, 6) is -0.0683. The maximum atomic E-state index is 12.3. The average Bonchev–Trinajstić information content (AvgIpc) is 3.06. The van der Waals surface area contributed by atoms with Gasteiger partial charge in [0.05, 0.1) is 18.8 Å². The number of carbonyl (C=O) groups excluding carboxylic acids is 1. The number of carbonyl (C=O) groups is 1. The van der Waals surface area contributed by atoms with Gasteiger partial charge in [-0.2, -0.15) is 0 Å². The molecule has 0 spiro atoms. The highest BCUT2D eigenvalue weighted by atomic mass is 16.3. The molecule has 4 heteroatoms.